The Balaban J connectivity index is 1.63. The predicted molar refractivity (Wildman–Crippen MR) is 397 cm³/mol. The maximum atomic E-state index is 15.0. The number of aliphatic hydroxyl groups is 1. The average molecular weight is 1480 g/mol. The van der Waals surface area contributed by atoms with E-state index in [-0.39, 0.29) is 50.9 Å². The number of carbonyl (C=O) groups is 14. The van der Waals surface area contributed by atoms with Crippen molar-refractivity contribution in [2.45, 2.75) is 254 Å². The quantitative estimate of drug-likeness (QED) is 0.0390. The number of aryl methyl sites for hydroxylation is 1. The van der Waals surface area contributed by atoms with Crippen LogP contribution in [0.5, 0.6) is 0 Å². The number of hydrogen-bond acceptors (Lipinski definition) is 17. The smallest absolute Gasteiger partial charge is 0.329 e. The second-order valence-corrected chi connectivity index (χ2v) is 29.7. The van der Waals surface area contributed by atoms with Crippen LogP contribution < -0.4 is 69.5 Å². The van der Waals surface area contributed by atoms with Crippen LogP contribution in [-0.4, -0.2) is 191 Å². The van der Waals surface area contributed by atoms with Crippen LogP contribution in [0.4, 0.5) is 0 Å². The third-order valence-electron chi connectivity index (χ3n) is 19.4. The van der Waals surface area contributed by atoms with Gasteiger partial charge in [-0.25, -0.2) is 4.79 Å². The van der Waals surface area contributed by atoms with Gasteiger partial charge in [0, 0.05) is 18.5 Å². The average Bonchev–Trinajstić information content (AvgIpc) is 1.33. The number of cyclic esters (lactones) is 1. The Hall–Kier alpha value is -9.32. The summed E-state index contributed by atoms with van der Waals surface area (Å²) in [6.07, 6.45) is -0.642. The van der Waals surface area contributed by atoms with Crippen LogP contribution in [0.15, 0.2) is 66.4 Å². The molecule has 0 aromatic heterocycles. The lowest BCUT2D eigenvalue weighted by atomic mass is 9.95. The van der Waals surface area contributed by atoms with Crippen LogP contribution in [-0.2, 0) is 73.5 Å². The molecule has 4 rings (SSSR count). The van der Waals surface area contributed by atoms with E-state index in [9.17, 15) is 62.6 Å². The van der Waals surface area contributed by atoms with E-state index in [1.807, 2.05) is 6.92 Å². The summed E-state index contributed by atoms with van der Waals surface area (Å²) in [5, 5.41) is 43.1. The number of allylic oxidation sites excluding steroid dienone is 1. The monoisotopic (exact) mass is 1480 g/mol. The summed E-state index contributed by atoms with van der Waals surface area (Å²) in [5.41, 5.74) is 7.56. The summed E-state index contributed by atoms with van der Waals surface area (Å²) in [6.45, 7) is 29.4. The Morgan fingerprint density at radius 2 is 1.15 bits per heavy atom. The summed E-state index contributed by atoms with van der Waals surface area (Å²) in [6, 6.07) is -1.15. The molecule has 2 aromatic rings. The summed E-state index contributed by atoms with van der Waals surface area (Å²) < 4.78 is 5.96. The molecule has 16 atom stereocenters. The third kappa shape index (κ3) is 25.5. The molecule has 2 fully saturated rings. The van der Waals surface area contributed by atoms with Gasteiger partial charge < -0.3 is 84.3 Å². The van der Waals surface area contributed by atoms with Crippen molar-refractivity contribution in [2.24, 2.45) is 47.2 Å². The fraction of sp³-hybridized carbons (Fsp3) is 0.632. The number of amides is 13. The van der Waals surface area contributed by atoms with Crippen molar-refractivity contribution >= 4 is 82.8 Å². The molecule has 0 bridgehead atoms. The summed E-state index contributed by atoms with van der Waals surface area (Å²) >= 11 is 0. The van der Waals surface area contributed by atoms with Gasteiger partial charge in [0.25, 0.3) is 11.8 Å². The summed E-state index contributed by atoms with van der Waals surface area (Å²) in [7, 11) is 0. The van der Waals surface area contributed by atoms with E-state index in [2.05, 4.69) is 63.8 Å². The number of benzene rings is 2. The van der Waals surface area contributed by atoms with Crippen LogP contribution in [0.2, 0.25) is 0 Å². The van der Waals surface area contributed by atoms with Crippen molar-refractivity contribution in [1.29, 1.82) is 0 Å². The number of esters is 1. The van der Waals surface area contributed by atoms with Crippen LogP contribution >= 0.6 is 0 Å². The molecule has 0 radical (unpaired) electrons. The van der Waals surface area contributed by atoms with Crippen molar-refractivity contribution in [2.75, 3.05) is 13.1 Å². The number of aliphatic hydroxyl groups excluding tert-OH is 1. The molecule has 30 nitrogen and oxygen atoms in total. The molecule has 30 heteroatoms. The maximum Gasteiger partial charge on any atom is 0.329 e. The van der Waals surface area contributed by atoms with Gasteiger partial charge in [0.05, 0.1) is 6.10 Å². The minimum absolute atomic E-state index is 0.0370. The van der Waals surface area contributed by atoms with Crippen LogP contribution in [0, 0.1) is 48.3 Å². The first-order valence-corrected chi connectivity index (χ1v) is 37.1. The van der Waals surface area contributed by atoms with Gasteiger partial charge in [-0.2, -0.15) is 0 Å². The zero-order chi connectivity index (χ0) is 79.7. The molecule has 13 amide bonds. The Morgan fingerprint density at radius 1 is 0.613 bits per heavy atom. The molecular weight excluding hydrogens is 1360 g/mol. The number of nitrogens with one attached hydrogen (secondary N) is 12. The van der Waals surface area contributed by atoms with E-state index in [1.165, 1.54) is 31.7 Å². The van der Waals surface area contributed by atoms with E-state index in [1.54, 1.807) is 152 Å². The van der Waals surface area contributed by atoms with E-state index >= 15 is 9.59 Å². The van der Waals surface area contributed by atoms with Crippen molar-refractivity contribution in [3.8, 4) is 0 Å². The zero-order valence-corrected chi connectivity index (χ0v) is 64.9. The van der Waals surface area contributed by atoms with E-state index < -0.39 is 209 Å². The number of nitrogens with zero attached hydrogens (tertiary/aromatic N) is 1. The normalized spacial score (nSPS) is 22.4. The zero-order valence-electron chi connectivity index (χ0n) is 64.9. The maximum absolute atomic E-state index is 15.0. The van der Waals surface area contributed by atoms with Crippen molar-refractivity contribution in [3.05, 3.63) is 83.1 Å². The van der Waals surface area contributed by atoms with Crippen molar-refractivity contribution < 1.29 is 77.0 Å². The second kappa shape index (κ2) is 42.1. The number of nitrogens with two attached hydrogens (primary N) is 1. The Morgan fingerprint density at radius 3 is 1.69 bits per heavy atom. The standard InChI is InChI=1S/C76H118N14O16/c1-19-44(15)59(72(101)89-62-47(18)106-76(105)58(42(12)13)85-64(93)50(21-3)78-66(95)52(37-48-27-23-22-24-28-48)80-68(97)54(38(4)5)82-71(100)60(45(16)20-2)87-74(62)103)86-65(94)51(29-25-35-77)79-67(96)53-30-26-36-90(53)75(104)57(41(10)11)84-69(98)56(40(8)9)83-73(102)61(46(17)91)88-70(99)55(39(6)7)81-63(92)49-33-31-43(14)32-34-49/h21-24,27-28,31-34,38-42,44-47,51-62,91H,19-20,25-26,29-30,35-37,77H2,1-18H3,(H,78,95)(H,79,96)(H,80,97)(H,81,92)(H,82,100)(H,83,102)(H,84,98)(H,85,93)(H,86,94)(H,87,103)(H,88,99)(H,89,101)/b50-21-/t44-,45-,46+,47+,51-,52-,53+,54+,55+,56-,57+,58-,59+,60+,61-,62+/m0/s1. The Labute approximate surface area is 623 Å². The Bertz CT molecular complexity index is 3420. The predicted octanol–water partition coefficient (Wildman–Crippen LogP) is 1.63. The van der Waals surface area contributed by atoms with Crippen molar-refractivity contribution in [3.63, 3.8) is 0 Å². The van der Waals surface area contributed by atoms with Crippen molar-refractivity contribution in [1.82, 2.24) is 68.7 Å². The topological polar surface area (TPSA) is 442 Å². The summed E-state index contributed by atoms with van der Waals surface area (Å²) in [4.78, 5) is 203. The highest BCUT2D eigenvalue weighted by molar-refractivity contribution is 6.03. The van der Waals surface area contributed by atoms with Gasteiger partial charge in [0.15, 0.2) is 0 Å². The van der Waals surface area contributed by atoms with E-state index in [4.69, 9.17) is 10.5 Å². The van der Waals surface area contributed by atoms with Crippen LogP contribution in [0.3, 0.4) is 0 Å². The lowest BCUT2D eigenvalue weighted by Gasteiger charge is -2.33. The minimum atomic E-state index is -1.83. The first kappa shape index (κ1) is 89.1. The van der Waals surface area contributed by atoms with Gasteiger partial charge in [-0.15, -0.1) is 0 Å². The molecule has 0 aliphatic carbocycles. The molecule has 0 spiro atoms. The highest BCUT2D eigenvalue weighted by atomic mass is 16.5. The van der Waals surface area contributed by atoms with Gasteiger partial charge in [0.1, 0.15) is 84.3 Å². The van der Waals surface area contributed by atoms with Gasteiger partial charge >= 0.3 is 5.97 Å². The highest BCUT2D eigenvalue weighted by Gasteiger charge is 2.45. The van der Waals surface area contributed by atoms with Gasteiger partial charge in [-0.1, -0.05) is 164 Å². The Kier molecular flexibility index (Phi) is 35.4. The third-order valence-corrected chi connectivity index (χ3v) is 19.4. The lowest BCUT2D eigenvalue weighted by Crippen LogP contribution is -2.64. The fourth-order valence-corrected chi connectivity index (χ4v) is 12.1. The highest BCUT2D eigenvalue weighted by Crippen LogP contribution is 2.23. The first-order chi connectivity index (χ1) is 49.8. The van der Waals surface area contributed by atoms with Gasteiger partial charge in [0.2, 0.25) is 65.0 Å². The minimum Gasteiger partial charge on any atom is -0.458 e. The van der Waals surface area contributed by atoms with Gasteiger partial charge in [-0.3, -0.25) is 62.3 Å². The molecule has 106 heavy (non-hydrogen) atoms. The SMILES string of the molecule is C/C=C1\NC(=O)[C@H](Cc2ccccc2)NC(=O)[C@@H](C(C)C)NC(=O)[C@@H]([C@@H](C)CC)NC(=O)[C@H](NC(=O)[C@H](NC(=O)[C@H](CCCN)NC(=O)[C@H]2CCCN2C(=O)[C@H](NC(=O)[C@@H](NC(=O)[C@@H](NC(=O)[C@H](NC(=O)c2ccc(C)cc2)C(C)C)[C@@H](C)O)C(C)C)C(C)C)[C@@H](C)CC)[C@@H](C)OC(=O)[C@H](C(C)C)NC1=O. The molecule has 2 saturated heterocycles. The molecular formula is C76H118N14O16. The van der Waals surface area contributed by atoms with Crippen LogP contribution in [0.1, 0.15) is 178 Å². The molecule has 15 N–H and O–H groups in total. The molecule has 2 aliphatic heterocycles. The fourth-order valence-electron chi connectivity index (χ4n) is 12.1. The number of ether oxygens (including phenoxy) is 1. The van der Waals surface area contributed by atoms with Crippen LogP contribution in [0.25, 0.3) is 0 Å². The second-order valence-electron chi connectivity index (χ2n) is 29.7. The van der Waals surface area contributed by atoms with E-state index in [0.717, 1.165) is 5.56 Å². The molecule has 2 aromatic carbocycles. The first-order valence-electron chi connectivity index (χ1n) is 37.1. The molecule has 0 unspecified atom stereocenters. The number of carbonyl (C=O) groups excluding carboxylic acids is 14. The number of likely N-dealkylation sites (tertiary alicyclic amines) is 1. The molecule has 2 aliphatic rings. The van der Waals surface area contributed by atoms with Gasteiger partial charge in [-0.05, 0) is 119 Å². The molecule has 2 heterocycles. The number of rotatable bonds is 30. The summed E-state index contributed by atoms with van der Waals surface area (Å²) in [5.74, 6) is -15.9. The molecule has 588 valence electrons. The largest absolute Gasteiger partial charge is 0.458 e. The van der Waals surface area contributed by atoms with E-state index in [0.29, 0.717) is 24.0 Å². The number of hydrogen-bond donors (Lipinski definition) is 14. The lowest BCUT2D eigenvalue weighted by molar-refractivity contribution is -0.157. The molecule has 0 saturated carbocycles.